The third-order valence-corrected chi connectivity index (χ3v) is 3.35. The van der Waals surface area contributed by atoms with Crippen LogP contribution in [0.2, 0.25) is 0 Å². The molecule has 0 unspecified atom stereocenters. The molecule has 5 heteroatoms. The van der Waals surface area contributed by atoms with Gasteiger partial charge in [-0.1, -0.05) is 6.07 Å². The van der Waals surface area contributed by atoms with Gasteiger partial charge in [-0.2, -0.15) is 10.2 Å². The first-order valence-corrected chi connectivity index (χ1v) is 6.14. The Labute approximate surface area is 111 Å². The number of hydrogen-bond donors (Lipinski definition) is 1. The van der Waals surface area contributed by atoms with Crippen LogP contribution in [0.5, 0.6) is 0 Å². The molecule has 0 aliphatic rings. The molecule has 0 aliphatic carbocycles. The first-order valence-electron chi connectivity index (χ1n) is 6.14. The Kier molecular flexibility index (Phi) is 2.76. The molecule has 0 spiro atoms. The number of nitrogens with zero attached hydrogens (tertiary/aromatic N) is 4. The van der Waals surface area contributed by atoms with Crippen LogP contribution in [0, 0.1) is 6.92 Å². The summed E-state index contributed by atoms with van der Waals surface area (Å²) >= 11 is 0. The summed E-state index contributed by atoms with van der Waals surface area (Å²) in [6.07, 6.45) is 1.69. The highest BCUT2D eigenvalue weighted by Crippen LogP contribution is 2.23. The molecule has 0 radical (unpaired) electrons. The van der Waals surface area contributed by atoms with Crippen LogP contribution in [0.25, 0.3) is 22.3 Å². The molecule has 1 aromatic carbocycles. The lowest BCUT2D eigenvalue weighted by Crippen LogP contribution is -1.99. The van der Waals surface area contributed by atoms with Gasteiger partial charge in [-0.15, -0.1) is 0 Å². The van der Waals surface area contributed by atoms with Gasteiger partial charge in [0.2, 0.25) is 0 Å². The summed E-state index contributed by atoms with van der Waals surface area (Å²) in [7, 11) is 2.01. The topological polar surface area (TPSA) is 69.6 Å². The van der Waals surface area contributed by atoms with E-state index < -0.39 is 0 Å². The zero-order valence-corrected chi connectivity index (χ0v) is 11.0. The number of aryl methyl sites for hydroxylation is 2. The molecule has 0 atom stereocenters. The number of fused-ring (bicyclic) bond motifs is 1. The second-order valence-electron chi connectivity index (χ2n) is 4.57. The Morgan fingerprint density at radius 1 is 1.26 bits per heavy atom. The normalized spacial score (nSPS) is 11.1. The van der Waals surface area contributed by atoms with E-state index in [2.05, 4.69) is 25.8 Å². The molecule has 0 aliphatic heterocycles. The van der Waals surface area contributed by atoms with Gasteiger partial charge in [-0.05, 0) is 30.7 Å². The summed E-state index contributed by atoms with van der Waals surface area (Å²) < 4.78 is 2.07. The predicted molar refractivity (Wildman–Crippen MR) is 74.4 cm³/mol. The van der Waals surface area contributed by atoms with Crippen LogP contribution in [-0.2, 0) is 13.6 Å². The van der Waals surface area contributed by atoms with Gasteiger partial charge in [0.15, 0.2) is 0 Å². The smallest absolute Gasteiger partial charge is 0.106 e. The first-order chi connectivity index (χ1) is 9.19. The summed E-state index contributed by atoms with van der Waals surface area (Å²) in [6.45, 7) is 2.46. The maximum absolute atomic E-state index is 5.63. The van der Waals surface area contributed by atoms with Crippen LogP contribution >= 0.6 is 0 Å². The molecule has 3 aromatic rings. The SMILES string of the molecule is Cc1nc2ccc(-c3cc(CN)cnn3)cc2n1C. The third kappa shape index (κ3) is 1.98. The van der Waals surface area contributed by atoms with E-state index in [9.17, 15) is 0 Å². The minimum atomic E-state index is 0.468. The molecule has 96 valence electrons. The Hall–Kier alpha value is -2.27. The molecule has 19 heavy (non-hydrogen) atoms. The zero-order chi connectivity index (χ0) is 13.4. The fraction of sp³-hybridized carbons (Fsp3) is 0.214. The summed E-state index contributed by atoms with van der Waals surface area (Å²) in [4.78, 5) is 4.49. The Balaban J connectivity index is 2.16. The third-order valence-electron chi connectivity index (χ3n) is 3.35. The lowest BCUT2D eigenvalue weighted by Gasteiger charge is -2.03. The van der Waals surface area contributed by atoms with Gasteiger partial charge in [0, 0.05) is 19.2 Å². The predicted octanol–water partition coefficient (Wildman–Crippen LogP) is 1.80. The molecule has 0 saturated heterocycles. The van der Waals surface area contributed by atoms with Crippen molar-refractivity contribution in [1.29, 1.82) is 0 Å². The summed E-state index contributed by atoms with van der Waals surface area (Å²) in [5.41, 5.74) is 10.6. The van der Waals surface area contributed by atoms with E-state index in [4.69, 9.17) is 5.73 Å². The van der Waals surface area contributed by atoms with E-state index in [0.717, 1.165) is 33.7 Å². The molecule has 0 fully saturated rings. The Morgan fingerprint density at radius 3 is 2.89 bits per heavy atom. The lowest BCUT2D eigenvalue weighted by atomic mass is 10.1. The average Bonchev–Trinajstić information content (AvgIpc) is 2.74. The Bertz CT molecular complexity index is 745. The summed E-state index contributed by atoms with van der Waals surface area (Å²) in [6, 6.07) is 8.07. The molecule has 5 nitrogen and oxygen atoms in total. The maximum atomic E-state index is 5.63. The van der Waals surface area contributed by atoms with Crippen molar-refractivity contribution in [2.24, 2.45) is 12.8 Å². The largest absolute Gasteiger partial charge is 0.331 e. The standard InChI is InChI=1S/C14H15N5/c1-9-17-12-4-3-11(6-14(12)19(9)2)13-5-10(7-15)8-16-18-13/h3-6,8H,7,15H2,1-2H3. The average molecular weight is 253 g/mol. The maximum Gasteiger partial charge on any atom is 0.106 e. The molecular weight excluding hydrogens is 238 g/mol. The fourth-order valence-electron chi connectivity index (χ4n) is 2.13. The first kappa shape index (κ1) is 11.8. The van der Waals surface area contributed by atoms with Crippen molar-refractivity contribution in [2.75, 3.05) is 0 Å². The van der Waals surface area contributed by atoms with Crippen molar-refractivity contribution >= 4 is 11.0 Å². The van der Waals surface area contributed by atoms with E-state index in [0.29, 0.717) is 6.54 Å². The highest BCUT2D eigenvalue weighted by molar-refractivity contribution is 5.81. The van der Waals surface area contributed by atoms with Gasteiger partial charge in [-0.25, -0.2) is 4.98 Å². The summed E-state index contributed by atoms with van der Waals surface area (Å²) in [5, 5.41) is 8.15. The highest BCUT2D eigenvalue weighted by Gasteiger charge is 2.07. The van der Waals surface area contributed by atoms with Crippen molar-refractivity contribution in [1.82, 2.24) is 19.7 Å². The molecule has 0 bridgehead atoms. The molecule has 0 saturated carbocycles. The van der Waals surface area contributed by atoms with Crippen LogP contribution in [0.1, 0.15) is 11.4 Å². The van der Waals surface area contributed by atoms with Gasteiger partial charge in [0.1, 0.15) is 5.82 Å². The number of imidazole rings is 1. The molecular formula is C14H15N5. The van der Waals surface area contributed by atoms with Crippen molar-refractivity contribution < 1.29 is 0 Å². The molecule has 3 rings (SSSR count). The Morgan fingerprint density at radius 2 is 2.11 bits per heavy atom. The van der Waals surface area contributed by atoms with E-state index in [1.54, 1.807) is 6.20 Å². The van der Waals surface area contributed by atoms with Gasteiger partial charge in [-0.3, -0.25) is 0 Å². The van der Waals surface area contributed by atoms with Gasteiger partial charge < -0.3 is 10.3 Å². The van der Waals surface area contributed by atoms with Crippen molar-refractivity contribution in [3.8, 4) is 11.3 Å². The summed E-state index contributed by atoms with van der Waals surface area (Å²) in [5.74, 6) is 0.994. The second kappa shape index (κ2) is 4.44. The van der Waals surface area contributed by atoms with Crippen molar-refractivity contribution in [3.05, 3.63) is 41.9 Å². The van der Waals surface area contributed by atoms with Gasteiger partial charge >= 0.3 is 0 Å². The van der Waals surface area contributed by atoms with Crippen LogP contribution < -0.4 is 5.73 Å². The van der Waals surface area contributed by atoms with E-state index >= 15 is 0 Å². The quantitative estimate of drug-likeness (QED) is 0.756. The van der Waals surface area contributed by atoms with E-state index in [1.807, 2.05) is 32.2 Å². The second-order valence-corrected chi connectivity index (χ2v) is 4.57. The van der Waals surface area contributed by atoms with E-state index in [1.165, 1.54) is 0 Å². The zero-order valence-electron chi connectivity index (χ0n) is 11.0. The molecule has 2 N–H and O–H groups in total. The number of rotatable bonds is 2. The minimum Gasteiger partial charge on any atom is -0.331 e. The number of hydrogen-bond acceptors (Lipinski definition) is 4. The lowest BCUT2D eigenvalue weighted by molar-refractivity contribution is 0.886. The molecule has 0 amide bonds. The van der Waals surface area contributed by atoms with Crippen molar-refractivity contribution in [2.45, 2.75) is 13.5 Å². The number of aromatic nitrogens is 4. The molecule has 2 heterocycles. The van der Waals surface area contributed by atoms with Crippen LogP contribution in [0.4, 0.5) is 0 Å². The highest BCUT2D eigenvalue weighted by atomic mass is 15.1. The van der Waals surface area contributed by atoms with E-state index in [-0.39, 0.29) is 0 Å². The number of nitrogens with two attached hydrogens (primary N) is 1. The van der Waals surface area contributed by atoms with Crippen LogP contribution in [-0.4, -0.2) is 19.7 Å². The van der Waals surface area contributed by atoms with Crippen LogP contribution in [0.15, 0.2) is 30.5 Å². The fourth-order valence-corrected chi connectivity index (χ4v) is 2.13. The van der Waals surface area contributed by atoms with Gasteiger partial charge in [0.05, 0.1) is 22.9 Å². The monoisotopic (exact) mass is 253 g/mol. The van der Waals surface area contributed by atoms with Crippen LogP contribution in [0.3, 0.4) is 0 Å². The van der Waals surface area contributed by atoms with Gasteiger partial charge in [0.25, 0.3) is 0 Å². The minimum absolute atomic E-state index is 0.468. The number of benzene rings is 1. The van der Waals surface area contributed by atoms with Crippen molar-refractivity contribution in [3.63, 3.8) is 0 Å². The molecule has 2 aromatic heterocycles.